The molecule has 0 saturated heterocycles. The Hall–Kier alpha value is -0.870. The summed E-state index contributed by atoms with van der Waals surface area (Å²) in [6.45, 7) is 4.08. The highest BCUT2D eigenvalue weighted by molar-refractivity contribution is 9.10. The van der Waals surface area contributed by atoms with Gasteiger partial charge in [-0.1, -0.05) is 22.0 Å². The lowest BCUT2D eigenvalue weighted by Gasteiger charge is -2.11. The Morgan fingerprint density at radius 2 is 1.88 bits per heavy atom. The zero-order valence-electron chi connectivity index (χ0n) is 9.59. The summed E-state index contributed by atoms with van der Waals surface area (Å²) < 4.78 is 2.06. The fourth-order valence-electron chi connectivity index (χ4n) is 1.50. The molecule has 0 atom stereocenters. The van der Waals surface area contributed by atoms with Crippen LogP contribution in [0.15, 0.2) is 39.4 Å². The van der Waals surface area contributed by atoms with Crippen molar-refractivity contribution in [3.05, 3.63) is 50.5 Å². The van der Waals surface area contributed by atoms with Crippen molar-refractivity contribution in [1.29, 1.82) is 0 Å². The van der Waals surface area contributed by atoms with Crippen LogP contribution >= 0.6 is 31.9 Å². The van der Waals surface area contributed by atoms with Crippen molar-refractivity contribution >= 4 is 43.4 Å². The van der Waals surface area contributed by atoms with Crippen molar-refractivity contribution in [2.45, 2.75) is 13.8 Å². The second kappa shape index (κ2) is 5.19. The van der Waals surface area contributed by atoms with E-state index in [0.717, 1.165) is 26.0 Å². The maximum Gasteiger partial charge on any atom is 0.144 e. The molecule has 2 rings (SSSR count). The summed E-state index contributed by atoms with van der Waals surface area (Å²) in [6.07, 6.45) is 1.85. The summed E-state index contributed by atoms with van der Waals surface area (Å²) >= 11 is 7.03. The van der Waals surface area contributed by atoms with Crippen molar-refractivity contribution in [3.8, 4) is 0 Å². The fourth-order valence-corrected chi connectivity index (χ4v) is 2.42. The molecule has 1 aromatic heterocycles. The Kier molecular flexibility index (Phi) is 3.84. The number of anilines is 2. The summed E-state index contributed by atoms with van der Waals surface area (Å²) in [4.78, 5) is 4.37. The molecule has 0 aliphatic carbocycles. The third-order valence-corrected chi connectivity index (χ3v) is 3.96. The number of hydrogen-bond acceptors (Lipinski definition) is 2. The minimum absolute atomic E-state index is 0.830. The lowest BCUT2D eigenvalue weighted by atomic mass is 10.2. The van der Waals surface area contributed by atoms with E-state index in [9.17, 15) is 0 Å². The minimum atomic E-state index is 0.830. The van der Waals surface area contributed by atoms with Crippen LogP contribution in [-0.4, -0.2) is 4.98 Å². The number of nitrogens with zero attached hydrogens (tertiary/aromatic N) is 1. The van der Waals surface area contributed by atoms with E-state index in [0.29, 0.717) is 0 Å². The van der Waals surface area contributed by atoms with Crippen LogP contribution in [0.2, 0.25) is 0 Å². The van der Waals surface area contributed by atoms with Gasteiger partial charge in [-0.2, -0.15) is 0 Å². The third-order valence-electron chi connectivity index (χ3n) is 2.50. The molecule has 0 saturated carbocycles. The summed E-state index contributed by atoms with van der Waals surface area (Å²) in [7, 11) is 0. The van der Waals surface area contributed by atoms with Gasteiger partial charge in [0.05, 0.1) is 4.47 Å². The van der Waals surface area contributed by atoms with Gasteiger partial charge in [0.2, 0.25) is 0 Å². The number of nitrogens with one attached hydrogen (secondary N) is 1. The summed E-state index contributed by atoms with van der Waals surface area (Å²) in [5, 5.41) is 3.32. The van der Waals surface area contributed by atoms with Crippen LogP contribution in [-0.2, 0) is 0 Å². The number of hydrogen-bond donors (Lipinski definition) is 1. The van der Waals surface area contributed by atoms with E-state index < -0.39 is 0 Å². The molecule has 2 nitrogen and oxygen atoms in total. The van der Waals surface area contributed by atoms with E-state index in [2.05, 4.69) is 49.1 Å². The highest BCUT2D eigenvalue weighted by Gasteiger charge is 2.05. The first-order chi connectivity index (χ1) is 8.08. The van der Waals surface area contributed by atoms with Crippen LogP contribution in [0.25, 0.3) is 0 Å². The van der Waals surface area contributed by atoms with Crippen LogP contribution in [0.4, 0.5) is 11.5 Å². The van der Waals surface area contributed by atoms with Gasteiger partial charge in [0, 0.05) is 16.4 Å². The highest BCUT2D eigenvalue weighted by Crippen LogP contribution is 2.29. The molecular weight excluding hydrogens is 344 g/mol. The maximum atomic E-state index is 4.37. The number of pyridine rings is 1. The SMILES string of the molecule is Cc1cnc(Nc2cccc(Br)c2C)c(Br)c1. The Morgan fingerprint density at radius 3 is 2.59 bits per heavy atom. The summed E-state index contributed by atoms with van der Waals surface area (Å²) in [5.74, 6) is 0.830. The van der Waals surface area contributed by atoms with Crippen molar-refractivity contribution in [2.75, 3.05) is 5.32 Å². The van der Waals surface area contributed by atoms with E-state index in [1.165, 1.54) is 5.56 Å². The average Bonchev–Trinajstić information content (AvgIpc) is 2.28. The second-order valence-corrected chi connectivity index (χ2v) is 5.59. The van der Waals surface area contributed by atoms with Crippen LogP contribution in [0.1, 0.15) is 11.1 Å². The maximum absolute atomic E-state index is 4.37. The molecule has 2 aromatic rings. The Bertz CT molecular complexity index is 553. The standard InChI is InChI=1S/C13H12Br2N2/c1-8-6-11(15)13(16-7-8)17-12-5-3-4-10(14)9(12)2/h3-7H,1-2H3,(H,16,17). The Labute approximate surface area is 118 Å². The lowest BCUT2D eigenvalue weighted by molar-refractivity contribution is 1.24. The molecule has 0 unspecified atom stereocenters. The number of benzene rings is 1. The van der Waals surface area contributed by atoms with Crippen LogP contribution in [0, 0.1) is 13.8 Å². The molecule has 1 heterocycles. The summed E-state index contributed by atoms with van der Waals surface area (Å²) in [6, 6.07) is 8.11. The molecule has 0 radical (unpaired) electrons. The Balaban J connectivity index is 2.35. The van der Waals surface area contributed by atoms with Crippen LogP contribution < -0.4 is 5.32 Å². The van der Waals surface area contributed by atoms with Gasteiger partial charge in [0.1, 0.15) is 5.82 Å². The molecule has 0 amide bonds. The number of halogens is 2. The number of aryl methyl sites for hydroxylation is 1. The zero-order chi connectivity index (χ0) is 12.4. The van der Waals surface area contributed by atoms with Crippen LogP contribution in [0.5, 0.6) is 0 Å². The normalized spacial score (nSPS) is 10.4. The average molecular weight is 356 g/mol. The van der Waals surface area contributed by atoms with Crippen molar-refractivity contribution in [2.24, 2.45) is 0 Å². The molecule has 88 valence electrons. The molecule has 1 aromatic carbocycles. The van der Waals surface area contributed by atoms with Gasteiger partial charge in [-0.25, -0.2) is 4.98 Å². The Morgan fingerprint density at radius 1 is 1.12 bits per heavy atom. The van der Waals surface area contributed by atoms with Gasteiger partial charge < -0.3 is 5.32 Å². The van der Waals surface area contributed by atoms with Gasteiger partial charge in [-0.15, -0.1) is 0 Å². The lowest BCUT2D eigenvalue weighted by Crippen LogP contribution is -1.97. The van der Waals surface area contributed by atoms with E-state index in [4.69, 9.17) is 0 Å². The first kappa shape index (κ1) is 12.6. The van der Waals surface area contributed by atoms with E-state index >= 15 is 0 Å². The molecule has 1 N–H and O–H groups in total. The van der Waals surface area contributed by atoms with E-state index in [-0.39, 0.29) is 0 Å². The van der Waals surface area contributed by atoms with Crippen LogP contribution in [0.3, 0.4) is 0 Å². The largest absolute Gasteiger partial charge is 0.339 e. The molecule has 0 bridgehead atoms. The van der Waals surface area contributed by atoms with Gasteiger partial charge in [0.15, 0.2) is 0 Å². The van der Waals surface area contributed by atoms with E-state index in [1.54, 1.807) is 0 Å². The molecule has 0 fully saturated rings. The predicted molar refractivity (Wildman–Crippen MR) is 78.8 cm³/mol. The van der Waals surface area contributed by atoms with Gasteiger partial charge in [-0.05, 0) is 59.1 Å². The number of rotatable bonds is 2. The van der Waals surface area contributed by atoms with E-state index in [1.807, 2.05) is 37.4 Å². The molecular formula is C13H12Br2N2. The second-order valence-electron chi connectivity index (χ2n) is 3.88. The van der Waals surface area contributed by atoms with Crippen molar-refractivity contribution in [1.82, 2.24) is 4.98 Å². The zero-order valence-corrected chi connectivity index (χ0v) is 12.8. The highest BCUT2D eigenvalue weighted by atomic mass is 79.9. The molecule has 0 spiro atoms. The monoisotopic (exact) mass is 354 g/mol. The predicted octanol–water partition coefficient (Wildman–Crippen LogP) is 4.97. The fraction of sp³-hybridized carbons (Fsp3) is 0.154. The third kappa shape index (κ3) is 2.87. The first-order valence-corrected chi connectivity index (χ1v) is 6.81. The first-order valence-electron chi connectivity index (χ1n) is 5.22. The molecule has 0 aliphatic rings. The molecule has 4 heteroatoms. The van der Waals surface area contributed by atoms with Crippen molar-refractivity contribution < 1.29 is 0 Å². The van der Waals surface area contributed by atoms with Gasteiger partial charge in [-0.3, -0.25) is 0 Å². The number of aromatic nitrogens is 1. The quantitative estimate of drug-likeness (QED) is 0.822. The van der Waals surface area contributed by atoms with Crippen molar-refractivity contribution in [3.63, 3.8) is 0 Å². The topological polar surface area (TPSA) is 24.9 Å². The van der Waals surface area contributed by atoms with Gasteiger partial charge >= 0.3 is 0 Å². The molecule has 17 heavy (non-hydrogen) atoms. The van der Waals surface area contributed by atoms with Gasteiger partial charge in [0.25, 0.3) is 0 Å². The molecule has 0 aliphatic heterocycles. The summed E-state index contributed by atoms with van der Waals surface area (Å²) in [5.41, 5.74) is 3.35. The smallest absolute Gasteiger partial charge is 0.144 e. The minimum Gasteiger partial charge on any atom is -0.339 e.